The molecule has 1 amide bonds. The SMILES string of the molecule is Cc1nc(C(C)(C)C)sc1C(=O)Nc1ccn(Cc2ccccn2)n1. The lowest BCUT2D eigenvalue weighted by molar-refractivity contribution is 0.102. The second kappa shape index (κ2) is 6.76. The van der Waals surface area contributed by atoms with E-state index in [2.05, 4.69) is 41.2 Å². The number of rotatable bonds is 4. The molecule has 3 aromatic heterocycles. The number of hydrogen-bond acceptors (Lipinski definition) is 5. The Morgan fingerprint density at radius 3 is 2.72 bits per heavy atom. The minimum absolute atomic E-state index is 0.0712. The van der Waals surface area contributed by atoms with E-state index < -0.39 is 0 Å². The molecule has 0 spiro atoms. The molecule has 1 N–H and O–H groups in total. The predicted molar refractivity (Wildman–Crippen MR) is 99.1 cm³/mol. The summed E-state index contributed by atoms with van der Waals surface area (Å²) in [6.07, 6.45) is 3.57. The number of carbonyl (C=O) groups is 1. The summed E-state index contributed by atoms with van der Waals surface area (Å²) in [6, 6.07) is 7.53. The fourth-order valence-electron chi connectivity index (χ4n) is 2.28. The van der Waals surface area contributed by atoms with E-state index in [4.69, 9.17) is 0 Å². The molecule has 3 heterocycles. The Balaban J connectivity index is 1.71. The third kappa shape index (κ3) is 4.11. The van der Waals surface area contributed by atoms with E-state index in [1.54, 1.807) is 16.9 Å². The fourth-order valence-corrected chi connectivity index (χ4v) is 3.29. The van der Waals surface area contributed by atoms with Crippen LogP contribution >= 0.6 is 11.3 Å². The molecule has 0 aliphatic rings. The zero-order chi connectivity index (χ0) is 18.0. The van der Waals surface area contributed by atoms with Gasteiger partial charge in [0.15, 0.2) is 5.82 Å². The van der Waals surface area contributed by atoms with Crippen LogP contribution in [0.25, 0.3) is 0 Å². The normalized spacial score (nSPS) is 11.5. The van der Waals surface area contributed by atoms with Gasteiger partial charge >= 0.3 is 0 Å². The first-order valence-corrected chi connectivity index (χ1v) is 8.87. The van der Waals surface area contributed by atoms with Gasteiger partial charge in [-0.2, -0.15) is 5.10 Å². The zero-order valence-corrected chi connectivity index (χ0v) is 15.6. The van der Waals surface area contributed by atoms with Gasteiger partial charge in [0, 0.05) is 23.9 Å². The average molecular weight is 355 g/mol. The van der Waals surface area contributed by atoms with Crippen LogP contribution < -0.4 is 5.32 Å². The summed E-state index contributed by atoms with van der Waals surface area (Å²) in [6.45, 7) is 8.69. The maximum atomic E-state index is 12.5. The fraction of sp³-hybridized carbons (Fsp3) is 0.333. The highest BCUT2D eigenvalue weighted by molar-refractivity contribution is 7.14. The van der Waals surface area contributed by atoms with Crippen molar-refractivity contribution in [3.05, 3.63) is 57.9 Å². The molecule has 0 saturated carbocycles. The maximum Gasteiger partial charge on any atom is 0.268 e. The number of anilines is 1. The van der Waals surface area contributed by atoms with Crippen LogP contribution in [0.2, 0.25) is 0 Å². The number of thiazole rings is 1. The number of hydrogen-bond donors (Lipinski definition) is 1. The van der Waals surface area contributed by atoms with Gasteiger partial charge in [0.1, 0.15) is 4.88 Å². The molecule has 0 fully saturated rings. The van der Waals surface area contributed by atoms with Crippen molar-refractivity contribution in [2.75, 3.05) is 5.32 Å². The number of amides is 1. The van der Waals surface area contributed by atoms with Crippen LogP contribution in [-0.2, 0) is 12.0 Å². The summed E-state index contributed by atoms with van der Waals surface area (Å²) in [4.78, 5) is 22.0. The van der Waals surface area contributed by atoms with Crippen LogP contribution in [-0.4, -0.2) is 25.7 Å². The van der Waals surface area contributed by atoms with Gasteiger partial charge in [0.2, 0.25) is 0 Å². The third-order valence-corrected chi connectivity index (χ3v) is 5.16. The molecular formula is C18H21N5OS. The number of nitrogens with zero attached hydrogens (tertiary/aromatic N) is 4. The van der Waals surface area contributed by atoms with Crippen molar-refractivity contribution in [2.45, 2.75) is 39.7 Å². The molecule has 0 aliphatic carbocycles. The molecule has 0 atom stereocenters. The number of carbonyl (C=O) groups excluding carboxylic acids is 1. The first kappa shape index (κ1) is 17.3. The van der Waals surface area contributed by atoms with Gasteiger partial charge in [-0.15, -0.1) is 11.3 Å². The van der Waals surface area contributed by atoms with E-state index in [1.807, 2.05) is 31.3 Å². The van der Waals surface area contributed by atoms with Crippen molar-refractivity contribution >= 4 is 23.1 Å². The highest BCUT2D eigenvalue weighted by atomic mass is 32.1. The Morgan fingerprint density at radius 1 is 1.28 bits per heavy atom. The van der Waals surface area contributed by atoms with E-state index in [-0.39, 0.29) is 11.3 Å². The van der Waals surface area contributed by atoms with Gasteiger partial charge in [-0.05, 0) is 19.1 Å². The molecule has 6 nitrogen and oxygen atoms in total. The number of aryl methyl sites for hydroxylation is 1. The van der Waals surface area contributed by atoms with Crippen LogP contribution in [0.1, 0.15) is 46.8 Å². The van der Waals surface area contributed by atoms with E-state index in [0.717, 1.165) is 16.4 Å². The van der Waals surface area contributed by atoms with Crippen LogP contribution in [0.4, 0.5) is 5.82 Å². The summed E-state index contributed by atoms with van der Waals surface area (Å²) >= 11 is 1.44. The van der Waals surface area contributed by atoms with E-state index >= 15 is 0 Å². The van der Waals surface area contributed by atoms with Crippen molar-refractivity contribution in [1.82, 2.24) is 19.7 Å². The number of nitrogens with one attached hydrogen (secondary N) is 1. The maximum absolute atomic E-state index is 12.5. The molecule has 25 heavy (non-hydrogen) atoms. The van der Waals surface area contributed by atoms with E-state index in [0.29, 0.717) is 17.2 Å². The van der Waals surface area contributed by atoms with Crippen molar-refractivity contribution in [2.24, 2.45) is 0 Å². The molecule has 3 rings (SSSR count). The summed E-state index contributed by atoms with van der Waals surface area (Å²) in [5.41, 5.74) is 1.59. The second-order valence-electron chi connectivity index (χ2n) is 6.86. The lowest BCUT2D eigenvalue weighted by atomic mass is 9.98. The molecule has 0 radical (unpaired) electrons. The summed E-state index contributed by atoms with van der Waals surface area (Å²) < 4.78 is 1.75. The predicted octanol–water partition coefficient (Wildman–Crippen LogP) is 3.64. The van der Waals surface area contributed by atoms with Crippen molar-refractivity contribution in [3.8, 4) is 0 Å². The third-order valence-electron chi connectivity index (χ3n) is 3.58. The van der Waals surface area contributed by atoms with E-state index in [1.165, 1.54) is 11.3 Å². The quantitative estimate of drug-likeness (QED) is 0.775. The topological polar surface area (TPSA) is 72.7 Å². The standard InChI is InChI=1S/C18H21N5OS/c1-12-15(25-17(20-12)18(2,3)4)16(24)21-14-8-10-23(22-14)11-13-7-5-6-9-19-13/h5-10H,11H2,1-4H3,(H,21,22,24). The smallest absolute Gasteiger partial charge is 0.268 e. The van der Waals surface area contributed by atoms with E-state index in [9.17, 15) is 4.79 Å². The van der Waals surface area contributed by atoms with Crippen LogP contribution in [0.15, 0.2) is 36.7 Å². The van der Waals surface area contributed by atoms with Crippen molar-refractivity contribution < 1.29 is 4.79 Å². The number of pyridine rings is 1. The highest BCUT2D eigenvalue weighted by Gasteiger charge is 2.23. The van der Waals surface area contributed by atoms with Gasteiger partial charge in [-0.25, -0.2) is 4.98 Å². The van der Waals surface area contributed by atoms with Gasteiger partial charge in [-0.3, -0.25) is 14.5 Å². The Kier molecular flexibility index (Phi) is 4.67. The largest absolute Gasteiger partial charge is 0.304 e. The van der Waals surface area contributed by atoms with Crippen LogP contribution in [0.3, 0.4) is 0 Å². The van der Waals surface area contributed by atoms with Gasteiger partial charge in [0.05, 0.1) is 22.9 Å². The minimum Gasteiger partial charge on any atom is -0.304 e. The summed E-state index contributed by atoms with van der Waals surface area (Å²) in [5.74, 6) is 0.347. The van der Waals surface area contributed by atoms with Gasteiger partial charge in [0.25, 0.3) is 5.91 Å². The lowest BCUT2D eigenvalue weighted by Crippen LogP contribution is -2.12. The monoisotopic (exact) mass is 355 g/mol. The van der Waals surface area contributed by atoms with Gasteiger partial charge < -0.3 is 5.32 Å². The molecule has 0 bridgehead atoms. The Hall–Kier alpha value is -2.54. The Labute approximate surface area is 150 Å². The molecule has 0 aromatic carbocycles. The zero-order valence-electron chi connectivity index (χ0n) is 14.8. The molecular weight excluding hydrogens is 334 g/mol. The molecule has 7 heteroatoms. The minimum atomic E-state index is -0.173. The Bertz CT molecular complexity index is 877. The first-order valence-electron chi connectivity index (χ1n) is 8.05. The molecule has 0 saturated heterocycles. The molecule has 0 aliphatic heterocycles. The average Bonchev–Trinajstić information content (AvgIpc) is 3.14. The van der Waals surface area contributed by atoms with Crippen LogP contribution in [0, 0.1) is 6.92 Å². The highest BCUT2D eigenvalue weighted by Crippen LogP contribution is 2.29. The number of aromatic nitrogens is 4. The van der Waals surface area contributed by atoms with Gasteiger partial charge in [-0.1, -0.05) is 26.8 Å². The lowest BCUT2D eigenvalue weighted by Gasteiger charge is -2.13. The van der Waals surface area contributed by atoms with Crippen LogP contribution in [0.5, 0.6) is 0 Å². The summed E-state index contributed by atoms with van der Waals surface area (Å²) in [5, 5.41) is 8.19. The molecule has 0 unspecified atom stereocenters. The van der Waals surface area contributed by atoms with Crippen molar-refractivity contribution in [1.29, 1.82) is 0 Å². The van der Waals surface area contributed by atoms with Crippen molar-refractivity contribution in [3.63, 3.8) is 0 Å². The molecule has 130 valence electrons. The second-order valence-corrected chi connectivity index (χ2v) is 7.86. The first-order chi connectivity index (χ1) is 11.8. The molecule has 3 aromatic rings. The Morgan fingerprint density at radius 2 is 2.08 bits per heavy atom. The summed E-state index contributed by atoms with van der Waals surface area (Å²) in [7, 11) is 0.